The van der Waals surface area contributed by atoms with Gasteiger partial charge in [-0.15, -0.1) is 0 Å². The second-order valence-corrected chi connectivity index (χ2v) is 4.16. The fraction of sp³-hybridized carbons (Fsp3) is 0.462. The standard InChI is InChI=1S/C13H19NO/c1-10-5-4-6-11(2)9-12(3)14-13(15)8-7-10/h4-5,7-10,12H,6H2,1-3H3,(H,14,15)/b5-4-,8-7-,11-9-. The third kappa shape index (κ3) is 4.63. The Labute approximate surface area is 91.8 Å². The first kappa shape index (κ1) is 11.8. The monoisotopic (exact) mass is 205 g/mol. The number of allylic oxidation sites excluding steroid dienone is 4. The van der Waals surface area contributed by atoms with Crippen LogP contribution in [0.1, 0.15) is 27.2 Å². The Kier molecular flexibility index (Phi) is 4.35. The summed E-state index contributed by atoms with van der Waals surface area (Å²) in [5.41, 5.74) is 1.29. The van der Waals surface area contributed by atoms with E-state index in [0.717, 1.165) is 6.42 Å². The van der Waals surface area contributed by atoms with Crippen LogP contribution in [0.5, 0.6) is 0 Å². The minimum Gasteiger partial charge on any atom is -0.347 e. The molecule has 0 aliphatic carbocycles. The highest BCUT2D eigenvalue weighted by molar-refractivity contribution is 5.87. The Morgan fingerprint density at radius 2 is 2.07 bits per heavy atom. The lowest BCUT2D eigenvalue weighted by molar-refractivity contribution is -0.116. The highest BCUT2D eigenvalue weighted by atomic mass is 16.1. The fourth-order valence-electron chi connectivity index (χ4n) is 1.58. The van der Waals surface area contributed by atoms with Gasteiger partial charge in [0.05, 0.1) is 0 Å². The zero-order chi connectivity index (χ0) is 11.3. The smallest absolute Gasteiger partial charge is 0.244 e. The topological polar surface area (TPSA) is 29.1 Å². The zero-order valence-electron chi connectivity index (χ0n) is 9.66. The van der Waals surface area contributed by atoms with E-state index < -0.39 is 0 Å². The third-order valence-corrected chi connectivity index (χ3v) is 2.34. The molecule has 0 aromatic heterocycles. The van der Waals surface area contributed by atoms with E-state index in [4.69, 9.17) is 0 Å². The van der Waals surface area contributed by atoms with Crippen LogP contribution in [-0.4, -0.2) is 11.9 Å². The quantitative estimate of drug-likeness (QED) is 0.605. The minimum atomic E-state index is -0.0197. The van der Waals surface area contributed by atoms with E-state index in [1.807, 2.05) is 13.0 Å². The van der Waals surface area contributed by atoms with Gasteiger partial charge in [0.2, 0.25) is 5.91 Å². The number of carbonyl (C=O) groups is 1. The van der Waals surface area contributed by atoms with E-state index in [1.54, 1.807) is 6.08 Å². The van der Waals surface area contributed by atoms with Crippen LogP contribution in [0.2, 0.25) is 0 Å². The second kappa shape index (κ2) is 5.54. The summed E-state index contributed by atoms with van der Waals surface area (Å²) in [7, 11) is 0. The maximum Gasteiger partial charge on any atom is 0.244 e. The van der Waals surface area contributed by atoms with Gasteiger partial charge < -0.3 is 5.32 Å². The number of rotatable bonds is 0. The van der Waals surface area contributed by atoms with Gasteiger partial charge in [0, 0.05) is 6.04 Å². The van der Waals surface area contributed by atoms with Crippen molar-refractivity contribution in [3.8, 4) is 0 Å². The fourth-order valence-corrected chi connectivity index (χ4v) is 1.58. The zero-order valence-corrected chi connectivity index (χ0v) is 9.66. The molecular weight excluding hydrogens is 186 g/mol. The third-order valence-electron chi connectivity index (χ3n) is 2.34. The van der Waals surface area contributed by atoms with E-state index in [9.17, 15) is 4.79 Å². The van der Waals surface area contributed by atoms with Crippen molar-refractivity contribution >= 4 is 5.91 Å². The van der Waals surface area contributed by atoms with E-state index in [0.29, 0.717) is 5.92 Å². The molecule has 0 radical (unpaired) electrons. The maximum absolute atomic E-state index is 11.4. The van der Waals surface area contributed by atoms with Crippen LogP contribution in [0.4, 0.5) is 0 Å². The molecule has 1 N–H and O–H groups in total. The van der Waals surface area contributed by atoms with Crippen LogP contribution in [0, 0.1) is 5.92 Å². The summed E-state index contributed by atoms with van der Waals surface area (Å²) in [4.78, 5) is 11.4. The molecule has 0 fully saturated rings. The van der Waals surface area contributed by atoms with Crippen LogP contribution in [-0.2, 0) is 4.79 Å². The molecule has 0 spiro atoms. The van der Waals surface area contributed by atoms with E-state index in [1.165, 1.54) is 5.57 Å². The molecule has 82 valence electrons. The first-order valence-corrected chi connectivity index (χ1v) is 5.40. The molecular formula is C13H19NO. The van der Waals surface area contributed by atoms with Gasteiger partial charge in [-0.2, -0.15) is 0 Å². The predicted octanol–water partition coefficient (Wildman–Crippen LogP) is 2.59. The van der Waals surface area contributed by atoms with Crippen LogP contribution in [0.25, 0.3) is 0 Å². The Morgan fingerprint density at radius 1 is 1.33 bits per heavy atom. The van der Waals surface area contributed by atoms with Crippen molar-refractivity contribution in [2.24, 2.45) is 5.92 Å². The lowest BCUT2D eigenvalue weighted by Gasteiger charge is -2.08. The first-order valence-electron chi connectivity index (χ1n) is 5.40. The first-order chi connectivity index (χ1) is 7.08. The maximum atomic E-state index is 11.4. The number of carbonyl (C=O) groups excluding carboxylic acids is 1. The molecule has 1 aliphatic heterocycles. The highest BCUT2D eigenvalue weighted by Gasteiger charge is 2.03. The van der Waals surface area contributed by atoms with Crippen LogP contribution in [0.3, 0.4) is 0 Å². The molecule has 2 unspecified atom stereocenters. The van der Waals surface area contributed by atoms with Crippen LogP contribution >= 0.6 is 0 Å². The summed E-state index contributed by atoms with van der Waals surface area (Å²) in [5.74, 6) is 0.297. The molecule has 1 rings (SSSR count). The van der Waals surface area contributed by atoms with Crippen molar-refractivity contribution in [1.82, 2.24) is 5.32 Å². The Hall–Kier alpha value is -1.31. The van der Waals surface area contributed by atoms with Crippen molar-refractivity contribution in [3.05, 3.63) is 36.0 Å². The Morgan fingerprint density at radius 3 is 2.80 bits per heavy atom. The van der Waals surface area contributed by atoms with Crippen molar-refractivity contribution in [3.63, 3.8) is 0 Å². The molecule has 1 aliphatic rings. The number of nitrogens with one attached hydrogen (secondary N) is 1. The number of hydrogen-bond donors (Lipinski definition) is 1. The molecule has 0 saturated heterocycles. The van der Waals surface area contributed by atoms with E-state index in [2.05, 4.69) is 37.4 Å². The molecule has 2 heteroatoms. The molecule has 1 amide bonds. The van der Waals surface area contributed by atoms with Gasteiger partial charge in [-0.1, -0.05) is 36.8 Å². The van der Waals surface area contributed by atoms with Gasteiger partial charge in [0.1, 0.15) is 0 Å². The molecule has 1 heterocycles. The SMILES string of the molecule is C/C1=C/C(C)NC(=O)/C=C\C(C)/C=C\C1. The molecule has 15 heavy (non-hydrogen) atoms. The van der Waals surface area contributed by atoms with E-state index in [-0.39, 0.29) is 11.9 Å². The normalized spacial score (nSPS) is 35.7. The van der Waals surface area contributed by atoms with Gasteiger partial charge >= 0.3 is 0 Å². The lowest BCUT2D eigenvalue weighted by atomic mass is 10.1. The van der Waals surface area contributed by atoms with Crippen molar-refractivity contribution in [2.45, 2.75) is 33.2 Å². The molecule has 0 saturated carbocycles. The van der Waals surface area contributed by atoms with Crippen molar-refractivity contribution in [1.29, 1.82) is 0 Å². The van der Waals surface area contributed by atoms with Crippen molar-refractivity contribution in [2.75, 3.05) is 0 Å². The summed E-state index contributed by atoms with van der Waals surface area (Å²) < 4.78 is 0. The molecule has 0 bridgehead atoms. The number of amides is 1. The average Bonchev–Trinajstić information content (AvgIpc) is 2.15. The van der Waals surface area contributed by atoms with Gasteiger partial charge in [0.15, 0.2) is 0 Å². The van der Waals surface area contributed by atoms with Crippen molar-refractivity contribution < 1.29 is 4.79 Å². The highest BCUT2D eigenvalue weighted by Crippen LogP contribution is 2.07. The Bertz CT molecular complexity index is 312. The van der Waals surface area contributed by atoms with Gasteiger partial charge in [-0.25, -0.2) is 0 Å². The molecule has 0 aromatic rings. The summed E-state index contributed by atoms with van der Waals surface area (Å²) in [6.07, 6.45) is 10.9. The Balaban J connectivity index is 2.81. The average molecular weight is 205 g/mol. The van der Waals surface area contributed by atoms with Gasteiger partial charge in [0.25, 0.3) is 0 Å². The largest absolute Gasteiger partial charge is 0.347 e. The summed E-state index contributed by atoms with van der Waals surface area (Å²) in [6.45, 7) is 6.14. The summed E-state index contributed by atoms with van der Waals surface area (Å²) in [5, 5.41) is 2.90. The molecule has 2 nitrogen and oxygen atoms in total. The molecule has 0 aromatic carbocycles. The van der Waals surface area contributed by atoms with Gasteiger partial charge in [-0.05, 0) is 32.3 Å². The second-order valence-electron chi connectivity index (χ2n) is 4.16. The predicted molar refractivity (Wildman–Crippen MR) is 63.4 cm³/mol. The molecule has 2 atom stereocenters. The lowest BCUT2D eigenvalue weighted by Crippen LogP contribution is -2.29. The summed E-state index contributed by atoms with van der Waals surface area (Å²) in [6, 6.07) is 0.101. The van der Waals surface area contributed by atoms with Crippen LogP contribution < -0.4 is 5.32 Å². The number of hydrogen-bond acceptors (Lipinski definition) is 1. The van der Waals surface area contributed by atoms with E-state index >= 15 is 0 Å². The van der Waals surface area contributed by atoms with Crippen LogP contribution in [0.15, 0.2) is 36.0 Å². The minimum absolute atomic E-state index is 0.0197. The van der Waals surface area contributed by atoms with Gasteiger partial charge in [-0.3, -0.25) is 4.79 Å². The summed E-state index contributed by atoms with van der Waals surface area (Å²) >= 11 is 0.